The van der Waals surface area contributed by atoms with E-state index in [1.165, 1.54) is 7.11 Å². The van der Waals surface area contributed by atoms with Crippen molar-refractivity contribution >= 4 is 45.8 Å². The Kier molecular flexibility index (Phi) is 6.77. The summed E-state index contributed by atoms with van der Waals surface area (Å²) in [6.45, 7) is 5.32. The Bertz CT molecular complexity index is 1420. The number of carbonyl (C=O) groups excluding carboxylic acids is 4. The minimum atomic E-state index is -1.12. The van der Waals surface area contributed by atoms with Crippen LogP contribution < -0.4 is 9.96 Å². The molecule has 2 fully saturated rings. The van der Waals surface area contributed by atoms with E-state index in [0.29, 0.717) is 5.69 Å². The van der Waals surface area contributed by atoms with Gasteiger partial charge in [-0.05, 0) is 44.0 Å². The SMILES string of the molecule is CCOC(=O)c1sc(N2C(=O)[C@@H]3[C@H](ON(c4ccccc4)[C@H]3c3ccc(C)cc3)C2=O)c(C(=O)OC)c1C. The van der Waals surface area contributed by atoms with Crippen molar-refractivity contribution in [2.45, 2.75) is 32.9 Å². The molecule has 0 aliphatic carbocycles. The summed E-state index contributed by atoms with van der Waals surface area (Å²) in [6.07, 6.45) is -1.12. The molecule has 0 N–H and O–H groups in total. The van der Waals surface area contributed by atoms with Gasteiger partial charge in [0.2, 0.25) is 5.91 Å². The Morgan fingerprint density at radius 2 is 1.66 bits per heavy atom. The lowest BCUT2D eigenvalue weighted by Crippen LogP contribution is -2.37. The van der Waals surface area contributed by atoms with Crippen molar-refractivity contribution in [2.75, 3.05) is 23.7 Å². The Balaban J connectivity index is 1.61. The molecule has 5 rings (SSSR count). The lowest BCUT2D eigenvalue weighted by atomic mass is 9.90. The number of aryl methyl sites for hydroxylation is 1. The van der Waals surface area contributed by atoms with Crippen LogP contribution in [-0.4, -0.2) is 43.6 Å². The number of thiophene rings is 1. The molecule has 1 aromatic heterocycles. The van der Waals surface area contributed by atoms with Gasteiger partial charge in [-0.1, -0.05) is 48.0 Å². The minimum Gasteiger partial charge on any atom is -0.465 e. The molecule has 38 heavy (non-hydrogen) atoms. The molecule has 196 valence electrons. The second-order valence-corrected chi connectivity index (χ2v) is 10.0. The average molecular weight is 535 g/mol. The van der Waals surface area contributed by atoms with E-state index in [2.05, 4.69) is 0 Å². The Hall–Kier alpha value is -4.02. The molecule has 0 spiro atoms. The number of ether oxygens (including phenoxy) is 2. The molecule has 2 saturated heterocycles. The first-order valence-electron chi connectivity index (χ1n) is 12.1. The number of nitrogens with zero attached hydrogens (tertiary/aromatic N) is 2. The summed E-state index contributed by atoms with van der Waals surface area (Å²) >= 11 is 0.857. The fraction of sp³-hybridized carbons (Fsp3) is 0.286. The molecule has 2 aliphatic heterocycles. The molecule has 3 atom stereocenters. The quantitative estimate of drug-likeness (QED) is 0.339. The lowest BCUT2D eigenvalue weighted by Gasteiger charge is -2.28. The Morgan fingerprint density at radius 3 is 2.29 bits per heavy atom. The van der Waals surface area contributed by atoms with Crippen molar-refractivity contribution in [3.8, 4) is 0 Å². The molecular weight excluding hydrogens is 508 g/mol. The molecular formula is C28H26N2O7S. The topological polar surface area (TPSA) is 102 Å². The van der Waals surface area contributed by atoms with Gasteiger partial charge in [0.1, 0.15) is 15.8 Å². The van der Waals surface area contributed by atoms with Gasteiger partial charge in [0.25, 0.3) is 5.91 Å². The number of imide groups is 1. The van der Waals surface area contributed by atoms with Gasteiger partial charge in [0.05, 0.1) is 31.0 Å². The maximum Gasteiger partial charge on any atom is 0.348 e. The normalized spacial score (nSPS) is 20.6. The molecule has 2 aliphatic rings. The summed E-state index contributed by atoms with van der Waals surface area (Å²) < 4.78 is 10.1. The summed E-state index contributed by atoms with van der Waals surface area (Å²) in [7, 11) is 1.20. The van der Waals surface area contributed by atoms with Crippen LogP contribution in [0.15, 0.2) is 54.6 Å². The predicted molar refractivity (Wildman–Crippen MR) is 140 cm³/mol. The monoisotopic (exact) mass is 534 g/mol. The van der Waals surface area contributed by atoms with Crippen LogP contribution in [0, 0.1) is 19.8 Å². The smallest absolute Gasteiger partial charge is 0.348 e. The Labute approximate surface area is 223 Å². The second kappa shape index (κ2) is 10.0. The van der Waals surface area contributed by atoms with Crippen molar-refractivity contribution < 1.29 is 33.5 Å². The molecule has 3 aromatic rings. The van der Waals surface area contributed by atoms with E-state index >= 15 is 0 Å². The number of hydrogen-bond donors (Lipinski definition) is 0. The van der Waals surface area contributed by atoms with Crippen molar-refractivity contribution in [3.63, 3.8) is 0 Å². The van der Waals surface area contributed by atoms with Crippen molar-refractivity contribution in [1.29, 1.82) is 0 Å². The zero-order chi connectivity index (χ0) is 27.1. The van der Waals surface area contributed by atoms with Crippen LogP contribution in [0.5, 0.6) is 0 Å². The highest BCUT2D eigenvalue weighted by atomic mass is 32.1. The number of fused-ring (bicyclic) bond motifs is 1. The molecule has 2 amide bonds. The van der Waals surface area contributed by atoms with Crippen LogP contribution in [0.4, 0.5) is 10.7 Å². The van der Waals surface area contributed by atoms with Gasteiger partial charge in [-0.15, -0.1) is 11.3 Å². The molecule has 0 unspecified atom stereocenters. The summed E-state index contributed by atoms with van der Waals surface area (Å²) in [4.78, 5) is 60.4. The third kappa shape index (κ3) is 4.06. The van der Waals surface area contributed by atoms with Crippen LogP contribution in [0.2, 0.25) is 0 Å². The number of hydroxylamine groups is 1. The Morgan fingerprint density at radius 1 is 0.974 bits per heavy atom. The fourth-order valence-electron chi connectivity index (χ4n) is 4.91. The second-order valence-electron chi connectivity index (χ2n) is 9.03. The van der Waals surface area contributed by atoms with Crippen LogP contribution in [0.25, 0.3) is 0 Å². The number of esters is 2. The van der Waals surface area contributed by atoms with E-state index in [1.54, 1.807) is 18.9 Å². The maximum atomic E-state index is 14.0. The largest absolute Gasteiger partial charge is 0.465 e. The summed E-state index contributed by atoms with van der Waals surface area (Å²) in [5.41, 5.74) is 2.82. The molecule has 9 nitrogen and oxygen atoms in total. The van der Waals surface area contributed by atoms with Gasteiger partial charge < -0.3 is 9.47 Å². The minimum absolute atomic E-state index is 0.0194. The molecule has 0 radical (unpaired) electrons. The van der Waals surface area contributed by atoms with Crippen LogP contribution in [0.1, 0.15) is 49.7 Å². The van der Waals surface area contributed by atoms with E-state index < -0.39 is 41.8 Å². The molecule has 10 heteroatoms. The van der Waals surface area contributed by atoms with E-state index in [4.69, 9.17) is 14.3 Å². The first-order chi connectivity index (χ1) is 18.3. The van der Waals surface area contributed by atoms with Gasteiger partial charge in [-0.3, -0.25) is 14.4 Å². The third-order valence-electron chi connectivity index (χ3n) is 6.73. The zero-order valence-corrected chi connectivity index (χ0v) is 22.1. The highest BCUT2D eigenvalue weighted by Gasteiger charge is 2.61. The van der Waals surface area contributed by atoms with Crippen LogP contribution >= 0.6 is 11.3 Å². The van der Waals surface area contributed by atoms with Gasteiger partial charge in [-0.25, -0.2) is 19.6 Å². The van der Waals surface area contributed by atoms with Crippen molar-refractivity contribution in [2.24, 2.45) is 5.92 Å². The average Bonchev–Trinajstić information content (AvgIpc) is 3.55. The molecule has 2 aromatic carbocycles. The number of rotatable bonds is 6. The van der Waals surface area contributed by atoms with E-state index in [-0.39, 0.29) is 27.6 Å². The number of benzene rings is 2. The summed E-state index contributed by atoms with van der Waals surface area (Å²) in [5.74, 6) is -3.42. The highest BCUT2D eigenvalue weighted by Crippen LogP contribution is 2.49. The van der Waals surface area contributed by atoms with Crippen LogP contribution in [0.3, 0.4) is 0 Å². The molecule has 3 heterocycles. The van der Waals surface area contributed by atoms with Crippen LogP contribution in [-0.2, 0) is 23.9 Å². The first-order valence-corrected chi connectivity index (χ1v) is 12.9. The number of amides is 2. The third-order valence-corrected chi connectivity index (χ3v) is 7.98. The number of anilines is 2. The molecule has 0 bridgehead atoms. The zero-order valence-electron chi connectivity index (χ0n) is 21.3. The van der Waals surface area contributed by atoms with E-state index in [9.17, 15) is 19.2 Å². The van der Waals surface area contributed by atoms with Gasteiger partial charge in [0, 0.05) is 0 Å². The van der Waals surface area contributed by atoms with Gasteiger partial charge >= 0.3 is 11.9 Å². The predicted octanol–water partition coefficient (Wildman–Crippen LogP) is 4.38. The van der Waals surface area contributed by atoms with Crippen molar-refractivity contribution in [1.82, 2.24) is 0 Å². The van der Waals surface area contributed by atoms with E-state index in [1.807, 2.05) is 61.5 Å². The number of carbonyl (C=O) groups is 4. The number of para-hydroxylation sites is 1. The molecule has 0 saturated carbocycles. The number of methoxy groups -OCH3 is 1. The summed E-state index contributed by atoms with van der Waals surface area (Å²) in [6, 6.07) is 16.4. The van der Waals surface area contributed by atoms with Crippen molar-refractivity contribution in [3.05, 3.63) is 81.7 Å². The fourth-order valence-corrected chi connectivity index (χ4v) is 6.11. The summed E-state index contributed by atoms with van der Waals surface area (Å²) in [5, 5.41) is 1.64. The first kappa shape index (κ1) is 25.6. The van der Waals surface area contributed by atoms with Gasteiger partial charge in [-0.2, -0.15) is 0 Å². The maximum absolute atomic E-state index is 14.0. The lowest BCUT2D eigenvalue weighted by molar-refractivity contribution is -0.126. The number of hydrogen-bond acceptors (Lipinski definition) is 9. The van der Waals surface area contributed by atoms with Gasteiger partial charge in [0.15, 0.2) is 6.10 Å². The van der Waals surface area contributed by atoms with E-state index in [0.717, 1.165) is 27.4 Å². The highest BCUT2D eigenvalue weighted by molar-refractivity contribution is 7.19. The standard InChI is InChI=1S/C28H26N2O7S/c1-5-36-28(34)23-16(3)19(27(33)35-4)26(38-23)29-24(31)20-21(17-13-11-15(2)12-14-17)30(37-22(20)25(29)32)18-9-7-6-8-10-18/h6-14,20-22H,5H2,1-4H3/t20-,21-,22-/m0/s1.